The maximum Gasteiger partial charge on any atom is 0.0979 e. The largest absolute Gasteiger partial charge is 0.309 e. The van der Waals surface area contributed by atoms with E-state index >= 15 is 0 Å². The van der Waals surface area contributed by atoms with Crippen LogP contribution in [0.3, 0.4) is 0 Å². The minimum Gasteiger partial charge on any atom is -0.309 e. The van der Waals surface area contributed by atoms with Crippen molar-refractivity contribution in [2.24, 2.45) is 0 Å². The SMILES string of the molecule is c1ccc2cc3c(cc2c1)c1ccc(-n2c4ccccc4c4ccc5ccccc5c42)cc1n3-c1cccc2c(-c3nc4ccccc4nc3-c3ccc4c(ccc5ccccc54)c3)cccc12. The molecule has 15 rings (SSSR count). The molecule has 0 saturated carbocycles. The van der Waals surface area contributed by atoms with E-state index in [-0.39, 0.29) is 0 Å². The molecule has 0 fully saturated rings. The zero-order valence-electron chi connectivity index (χ0n) is 36.7. The van der Waals surface area contributed by atoms with E-state index < -0.39 is 0 Å². The first-order valence-corrected chi connectivity index (χ1v) is 23.3. The van der Waals surface area contributed by atoms with E-state index in [4.69, 9.17) is 9.97 Å². The van der Waals surface area contributed by atoms with Gasteiger partial charge in [0, 0.05) is 49.1 Å². The Hall–Kier alpha value is -9.12. The molecule has 0 spiro atoms. The summed E-state index contributed by atoms with van der Waals surface area (Å²) >= 11 is 0. The van der Waals surface area contributed by atoms with Crippen molar-refractivity contribution >= 4 is 109 Å². The van der Waals surface area contributed by atoms with Gasteiger partial charge in [0.1, 0.15) is 0 Å². The number of fused-ring (bicyclic) bond motifs is 14. The first-order valence-electron chi connectivity index (χ1n) is 23.3. The van der Waals surface area contributed by atoms with Crippen molar-refractivity contribution in [1.82, 2.24) is 19.1 Å². The van der Waals surface area contributed by atoms with Crippen LogP contribution >= 0.6 is 0 Å². The van der Waals surface area contributed by atoms with Crippen molar-refractivity contribution in [3.05, 3.63) is 231 Å². The topological polar surface area (TPSA) is 35.6 Å². The molecular formula is C64H38N4. The second-order valence-corrected chi connectivity index (χ2v) is 18.1. The molecule has 0 aliphatic rings. The van der Waals surface area contributed by atoms with Gasteiger partial charge in [0.05, 0.1) is 50.2 Å². The van der Waals surface area contributed by atoms with Crippen LogP contribution in [0.1, 0.15) is 0 Å². The van der Waals surface area contributed by atoms with Crippen molar-refractivity contribution in [3.8, 4) is 33.9 Å². The molecular weight excluding hydrogens is 825 g/mol. The maximum absolute atomic E-state index is 5.47. The number of para-hydroxylation sites is 3. The second-order valence-electron chi connectivity index (χ2n) is 18.1. The lowest BCUT2D eigenvalue weighted by atomic mass is 9.95. The Bertz CT molecular complexity index is 4630. The minimum atomic E-state index is 0.862. The number of hydrogen-bond acceptors (Lipinski definition) is 2. The van der Waals surface area contributed by atoms with Crippen LogP contribution in [-0.4, -0.2) is 19.1 Å². The summed E-state index contributed by atoms with van der Waals surface area (Å²) in [7, 11) is 0. The quantitative estimate of drug-likeness (QED) is 0.165. The summed E-state index contributed by atoms with van der Waals surface area (Å²) in [6.45, 7) is 0. The van der Waals surface area contributed by atoms with Crippen LogP contribution in [0, 0.1) is 0 Å². The molecule has 3 aromatic heterocycles. The molecule has 3 heterocycles. The lowest BCUT2D eigenvalue weighted by Gasteiger charge is -2.17. The van der Waals surface area contributed by atoms with Gasteiger partial charge in [-0.3, -0.25) is 0 Å². The fourth-order valence-corrected chi connectivity index (χ4v) is 11.3. The van der Waals surface area contributed by atoms with Gasteiger partial charge in [-0.05, 0) is 97.7 Å². The smallest absolute Gasteiger partial charge is 0.0979 e. The van der Waals surface area contributed by atoms with Gasteiger partial charge in [-0.25, -0.2) is 9.97 Å². The van der Waals surface area contributed by atoms with E-state index in [2.05, 4.69) is 228 Å². The molecule has 314 valence electrons. The monoisotopic (exact) mass is 862 g/mol. The van der Waals surface area contributed by atoms with Gasteiger partial charge in [-0.1, -0.05) is 176 Å². The Morgan fingerprint density at radius 2 is 0.853 bits per heavy atom. The molecule has 68 heavy (non-hydrogen) atoms. The predicted molar refractivity (Wildman–Crippen MR) is 287 cm³/mol. The Morgan fingerprint density at radius 1 is 0.279 bits per heavy atom. The zero-order valence-corrected chi connectivity index (χ0v) is 36.7. The molecule has 0 unspecified atom stereocenters. The number of rotatable bonds is 4. The fraction of sp³-hybridized carbons (Fsp3) is 0. The average Bonchev–Trinajstić information content (AvgIpc) is 3.91. The average molecular weight is 863 g/mol. The molecule has 0 N–H and O–H groups in total. The van der Waals surface area contributed by atoms with Gasteiger partial charge >= 0.3 is 0 Å². The van der Waals surface area contributed by atoms with Crippen LogP contribution in [0.2, 0.25) is 0 Å². The first-order chi connectivity index (χ1) is 33.7. The van der Waals surface area contributed by atoms with Crippen molar-refractivity contribution in [3.63, 3.8) is 0 Å². The fourth-order valence-electron chi connectivity index (χ4n) is 11.3. The number of hydrogen-bond donors (Lipinski definition) is 0. The molecule has 0 radical (unpaired) electrons. The lowest BCUT2D eigenvalue weighted by molar-refractivity contribution is 1.17. The van der Waals surface area contributed by atoms with E-state index in [1.165, 1.54) is 75.7 Å². The highest BCUT2D eigenvalue weighted by Crippen LogP contribution is 2.43. The molecule has 12 aromatic carbocycles. The third-order valence-electron chi connectivity index (χ3n) is 14.4. The Labute approximate surface area is 390 Å². The molecule has 4 heteroatoms. The number of aromatic nitrogens is 4. The van der Waals surface area contributed by atoms with E-state index in [1.54, 1.807) is 0 Å². The summed E-state index contributed by atoms with van der Waals surface area (Å²) in [4.78, 5) is 10.9. The van der Waals surface area contributed by atoms with Crippen molar-refractivity contribution < 1.29 is 0 Å². The second kappa shape index (κ2) is 14.2. The Balaban J connectivity index is 1.00. The van der Waals surface area contributed by atoms with Gasteiger partial charge in [0.2, 0.25) is 0 Å². The molecule has 0 bridgehead atoms. The van der Waals surface area contributed by atoms with Crippen molar-refractivity contribution in [2.45, 2.75) is 0 Å². The highest BCUT2D eigenvalue weighted by atomic mass is 15.0. The first kappa shape index (κ1) is 37.1. The van der Waals surface area contributed by atoms with Crippen molar-refractivity contribution in [2.75, 3.05) is 0 Å². The van der Waals surface area contributed by atoms with Gasteiger partial charge < -0.3 is 9.13 Å². The van der Waals surface area contributed by atoms with Gasteiger partial charge in [0.15, 0.2) is 0 Å². The van der Waals surface area contributed by atoms with Gasteiger partial charge in [-0.2, -0.15) is 0 Å². The van der Waals surface area contributed by atoms with Crippen LogP contribution in [0.15, 0.2) is 231 Å². The minimum absolute atomic E-state index is 0.862. The lowest BCUT2D eigenvalue weighted by Crippen LogP contribution is -1.99. The molecule has 0 atom stereocenters. The summed E-state index contributed by atoms with van der Waals surface area (Å²) in [6.07, 6.45) is 0. The summed E-state index contributed by atoms with van der Waals surface area (Å²) in [6, 6.07) is 84.0. The van der Waals surface area contributed by atoms with Crippen LogP contribution in [0.25, 0.3) is 142 Å². The van der Waals surface area contributed by atoms with Crippen LogP contribution < -0.4 is 0 Å². The third-order valence-corrected chi connectivity index (χ3v) is 14.4. The van der Waals surface area contributed by atoms with E-state index in [1.807, 2.05) is 12.1 Å². The van der Waals surface area contributed by atoms with Crippen LogP contribution in [0.5, 0.6) is 0 Å². The predicted octanol–water partition coefficient (Wildman–Crippen LogP) is 16.9. The summed E-state index contributed by atoms with van der Waals surface area (Å²) in [5, 5.41) is 17.0. The zero-order chi connectivity index (χ0) is 44.5. The molecule has 0 amide bonds. The van der Waals surface area contributed by atoms with E-state index in [9.17, 15) is 0 Å². The van der Waals surface area contributed by atoms with Crippen molar-refractivity contribution in [1.29, 1.82) is 0 Å². The highest BCUT2D eigenvalue weighted by Gasteiger charge is 2.22. The molecule has 0 aliphatic carbocycles. The Kier molecular flexibility index (Phi) is 7.75. The van der Waals surface area contributed by atoms with Gasteiger partial charge in [-0.15, -0.1) is 0 Å². The standard InChI is InChI=1S/C64H38N4/c1-2-16-42-37-60-55(36-41(42)15-1)52-34-31-45(67-58-25-10-7-19-51(58)54-33-29-40-14-4-6-18-48(40)64(54)67)38-61(52)68(60)59-26-12-20-49-50(59)21-11-22-53(49)63-62(65-56-23-8-9-24-57(56)66-63)44-30-32-47-43(35-44)28-27-39-13-3-5-17-46(39)47/h1-38H. The Morgan fingerprint density at radius 3 is 1.71 bits per heavy atom. The third kappa shape index (κ3) is 5.37. The van der Waals surface area contributed by atoms with Crippen LogP contribution in [0.4, 0.5) is 0 Å². The van der Waals surface area contributed by atoms with Crippen LogP contribution in [-0.2, 0) is 0 Å². The molecule has 15 aromatic rings. The summed E-state index contributed by atoms with van der Waals surface area (Å²) in [5.41, 5.74) is 12.5. The van der Waals surface area contributed by atoms with E-state index in [0.717, 1.165) is 66.7 Å². The normalized spacial score (nSPS) is 12.1. The maximum atomic E-state index is 5.47. The molecule has 0 aliphatic heterocycles. The van der Waals surface area contributed by atoms with Gasteiger partial charge in [0.25, 0.3) is 0 Å². The summed E-state index contributed by atoms with van der Waals surface area (Å²) in [5.74, 6) is 0. The highest BCUT2D eigenvalue weighted by molar-refractivity contribution is 6.20. The summed E-state index contributed by atoms with van der Waals surface area (Å²) < 4.78 is 4.97. The molecule has 4 nitrogen and oxygen atoms in total. The number of benzene rings is 12. The molecule has 0 saturated heterocycles. The van der Waals surface area contributed by atoms with E-state index in [0.29, 0.717) is 0 Å². The number of nitrogens with zero attached hydrogens (tertiary/aromatic N) is 4.